The molecular weight excluding hydrogens is 192 g/mol. The number of hydrogen-bond acceptors (Lipinski definition) is 2. The van der Waals surface area contributed by atoms with Crippen LogP contribution in [0.2, 0.25) is 0 Å². The normalized spacial score (nSPS) is 26.0. The third kappa shape index (κ3) is 1.86. The van der Waals surface area contributed by atoms with Crippen molar-refractivity contribution < 1.29 is 4.74 Å². The molecule has 1 atom stereocenters. The van der Waals surface area contributed by atoms with Gasteiger partial charge in [-0.05, 0) is 25.7 Å². The van der Waals surface area contributed by atoms with Crippen LogP contribution in [0.4, 0.5) is 0 Å². The Labute approximate surface area is 88.2 Å². The van der Waals surface area contributed by atoms with Crippen LogP contribution in [-0.4, -0.2) is 22.5 Å². The first-order chi connectivity index (χ1) is 7.33. The average Bonchev–Trinajstić information content (AvgIpc) is 2.84. The first kappa shape index (κ1) is 9.21. The van der Waals surface area contributed by atoms with Gasteiger partial charge in [0.25, 0.3) is 5.56 Å². The number of nitrogens with one attached hydrogen (secondary N) is 1. The van der Waals surface area contributed by atoms with Gasteiger partial charge in [0.2, 0.25) is 0 Å². The van der Waals surface area contributed by atoms with E-state index in [-0.39, 0.29) is 11.7 Å². The monoisotopic (exact) mass is 208 g/mol. The van der Waals surface area contributed by atoms with Crippen molar-refractivity contribution in [3.05, 3.63) is 22.1 Å². The van der Waals surface area contributed by atoms with Gasteiger partial charge in [0.1, 0.15) is 0 Å². The Morgan fingerprint density at radius 2 is 2.33 bits per heavy atom. The molecule has 1 aromatic rings. The highest BCUT2D eigenvalue weighted by atomic mass is 16.5. The highest BCUT2D eigenvalue weighted by Crippen LogP contribution is 2.38. The first-order valence-corrected chi connectivity index (χ1v) is 5.74. The number of nitrogens with zero attached hydrogens (tertiary/aromatic N) is 1. The zero-order chi connectivity index (χ0) is 10.3. The second kappa shape index (κ2) is 3.52. The van der Waals surface area contributed by atoms with Crippen molar-refractivity contribution in [2.75, 3.05) is 6.61 Å². The van der Waals surface area contributed by atoms with Crippen LogP contribution in [0.15, 0.2) is 10.9 Å². The van der Waals surface area contributed by atoms with E-state index in [1.165, 1.54) is 12.8 Å². The maximum Gasteiger partial charge on any atom is 0.266 e. The molecule has 0 aromatic carbocycles. The molecule has 1 N–H and O–H groups in total. The molecule has 1 saturated heterocycles. The highest BCUT2D eigenvalue weighted by molar-refractivity contribution is 5.12. The van der Waals surface area contributed by atoms with E-state index in [0.29, 0.717) is 12.5 Å². The molecule has 0 radical (unpaired) electrons. The summed E-state index contributed by atoms with van der Waals surface area (Å²) in [5.41, 5.74) is 1.20. The first-order valence-electron chi connectivity index (χ1n) is 5.74. The second-order valence-electron chi connectivity index (χ2n) is 4.57. The zero-order valence-corrected chi connectivity index (χ0v) is 8.74. The quantitative estimate of drug-likeness (QED) is 0.812. The number of H-pyrrole nitrogens is 1. The van der Waals surface area contributed by atoms with E-state index >= 15 is 0 Å². The summed E-state index contributed by atoms with van der Waals surface area (Å²) in [5, 5.41) is 3.19. The number of ether oxygens (including phenoxy) is 1. The third-order valence-electron chi connectivity index (χ3n) is 3.24. The lowest BCUT2D eigenvalue weighted by atomic mass is 10.2. The second-order valence-corrected chi connectivity index (χ2v) is 4.57. The maximum absolute atomic E-state index is 11.6. The minimum absolute atomic E-state index is 0.0902. The average molecular weight is 208 g/mol. The van der Waals surface area contributed by atoms with E-state index in [1.54, 1.807) is 10.7 Å². The van der Waals surface area contributed by atoms with E-state index in [0.717, 1.165) is 25.1 Å². The lowest BCUT2D eigenvalue weighted by Crippen LogP contribution is -2.24. The largest absolute Gasteiger partial charge is 0.376 e. The number of aromatic amines is 1. The fourth-order valence-corrected chi connectivity index (χ4v) is 2.19. The zero-order valence-electron chi connectivity index (χ0n) is 8.74. The number of hydrogen-bond donors (Lipinski definition) is 1. The molecule has 0 unspecified atom stereocenters. The van der Waals surface area contributed by atoms with Gasteiger partial charge in [-0.15, -0.1) is 0 Å². The fourth-order valence-electron chi connectivity index (χ4n) is 2.19. The van der Waals surface area contributed by atoms with Crippen molar-refractivity contribution >= 4 is 0 Å². The summed E-state index contributed by atoms with van der Waals surface area (Å²) in [6.45, 7) is 1.53. The lowest BCUT2D eigenvalue weighted by molar-refractivity contribution is 0.0931. The van der Waals surface area contributed by atoms with Crippen molar-refractivity contribution in [2.45, 2.75) is 44.2 Å². The molecule has 0 amide bonds. The molecule has 4 heteroatoms. The molecule has 2 heterocycles. The van der Waals surface area contributed by atoms with Crippen LogP contribution < -0.4 is 5.56 Å². The molecule has 2 aliphatic rings. The Kier molecular flexibility index (Phi) is 2.16. The van der Waals surface area contributed by atoms with Crippen LogP contribution in [0, 0.1) is 0 Å². The van der Waals surface area contributed by atoms with Crippen molar-refractivity contribution in [1.82, 2.24) is 9.78 Å². The molecule has 2 fully saturated rings. The van der Waals surface area contributed by atoms with E-state index < -0.39 is 0 Å². The van der Waals surface area contributed by atoms with Gasteiger partial charge < -0.3 is 4.74 Å². The van der Waals surface area contributed by atoms with Crippen molar-refractivity contribution in [3.63, 3.8) is 0 Å². The molecule has 1 aromatic heterocycles. The molecule has 4 nitrogen and oxygen atoms in total. The molecule has 15 heavy (non-hydrogen) atoms. The van der Waals surface area contributed by atoms with Gasteiger partial charge in [0, 0.05) is 24.3 Å². The van der Waals surface area contributed by atoms with Crippen LogP contribution in [0.25, 0.3) is 0 Å². The summed E-state index contributed by atoms with van der Waals surface area (Å²) in [7, 11) is 0. The van der Waals surface area contributed by atoms with Gasteiger partial charge in [0.15, 0.2) is 0 Å². The molecule has 0 spiro atoms. The number of rotatable bonds is 3. The van der Waals surface area contributed by atoms with Crippen molar-refractivity contribution in [1.29, 1.82) is 0 Å². The molecular formula is C11H16N2O2. The molecule has 0 bridgehead atoms. The fraction of sp³-hybridized carbons (Fsp3) is 0.727. The summed E-state index contributed by atoms with van der Waals surface area (Å²) in [6.07, 6.45) is 4.87. The van der Waals surface area contributed by atoms with Crippen LogP contribution >= 0.6 is 0 Å². The van der Waals surface area contributed by atoms with Crippen LogP contribution in [-0.2, 0) is 11.3 Å². The van der Waals surface area contributed by atoms with Crippen LogP contribution in [0.5, 0.6) is 0 Å². The highest BCUT2D eigenvalue weighted by Gasteiger charge is 2.26. The summed E-state index contributed by atoms with van der Waals surface area (Å²) in [5.74, 6) is 0.614. The number of aromatic nitrogens is 2. The minimum atomic E-state index is 0.0902. The van der Waals surface area contributed by atoms with Crippen LogP contribution in [0.1, 0.15) is 37.3 Å². The van der Waals surface area contributed by atoms with Crippen molar-refractivity contribution in [3.8, 4) is 0 Å². The van der Waals surface area contributed by atoms with E-state index in [2.05, 4.69) is 5.10 Å². The predicted octanol–water partition coefficient (Wildman–Crippen LogP) is 1.23. The van der Waals surface area contributed by atoms with E-state index in [4.69, 9.17) is 4.74 Å². The Hall–Kier alpha value is -1.03. The van der Waals surface area contributed by atoms with Gasteiger partial charge in [-0.3, -0.25) is 14.6 Å². The summed E-state index contributed by atoms with van der Waals surface area (Å²) < 4.78 is 7.22. The third-order valence-corrected chi connectivity index (χ3v) is 3.24. The summed E-state index contributed by atoms with van der Waals surface area (Å²) >= 11 is 0. The molecule has 1 saturated carbocycles. The SMILES string of the molecule is O=c1cc(C2CC2)[nH]n1C[C@H]1CCCO1. The van der Waals surface area contributed by atoms with Gasteiger partial charge in [-0.2, -0.15) is 0 Å². The van der Waals surface area contributed by atoms with E-state index in [1.807, 2.05) is 0 Å². The Bertz CT molecular complexity index is 397. The maximum atomic E-state index is 11.6. The summed E-state index contributed by atoms with van der Waals surface area (Å²) in [4.78, 5) is 11.6. The Balaban J connectivity index is 1.75. The van der Waals surface area contributed by atoms with Crippen molar-refractivity contribution in [2.24, 2.45) is 0 Å². The van der Waals surface area contributed by atoms with E-state index in [9.17, 15) is 4.79 Å². The van der Waals surface area contributed by atoms with Gasteiger partial charge in [-0.25, -0.2) is 0 Å². The predicted molar refractivity (Wildman–Crippen MR) is 56.0 cm³/mol. The van der Waals surface area contributed by atoms with Crippen LogP contribution in [0.3, 0.4) is 0 Å². The summed E-state index contributed by atoms with van der Waals surface area (Å²) in [6, 6.07) is 1.74. The molecule has 1 aliphatic carbocycles. The topological polar surface area (TPSA) is 47.0 Å². The van der Waals surface area contributed by atoms with Gasteiger partial charge in [0.05, 0.1) is 12.6 Å². The standard InChI is InChI=1S/C11H16N2O2/c14-11-6-10(8-3-4-8)12-13(11)7-9-2-1-5-15-9/h6,8-9,12H,1-5,7H2/t9-/m1/s1. The molecule has 3 rings (SSSR count). The minimum Gasteiger partial charge on any atom is -0.376 e. The Morgan fingerprint density at radius 3 is 3.00 bits per heavy atom. The molecule has 82 valence electrons. The lowest BCUT2D eigenvalue weighted by Gasteiger charge is -2.08. The molecule has 1 aliphatic heterocycles. The van der Waals surface area contributed by atoms with Gasteiger partial charge >= 0.3 is 0 Å². The van der Waals surface area contributed by atoms with Gasteiger partial charge in [-0.1, -0.05) is 0 Å². The Morgan fingerprint density at radius 1 is 1.47 bits per heavy atom. The smallest absolute Gasteiger partial charge is 0.266 e.